The van der Waals surface area contributed by atoms with Crippen LogP contribution in [-0.4, -0.2) is 25.3 Å². The maximum atomic E-state index is 10.2. The van der Waals surface area contributed by atoms with Gasteiger partial charge in [-0.3, -0.25) is 0 Å². The molecule has 1 fully saturated rings. The van der Waals surface area contributed by atoms with E-state index in [4.69, 9.17) is 23.3 Å². The zero-order valence-electron chi connectivity index (χ0n) is 15.1. The molecule has 3 rings (SSSR count). The second kappa shape index (κ2) is 11.4. The fourth-order valence-electron chi connectivity index (χ4n) is 3.03. The molecule has 0 saturated carbocycles. The summed E-state index contributed by atoms with van der Waals surface area (Å²) in [5.41, 5.74) is 2.61. The zero-order chi connectivity index (χ0) is 18.9. The van der Waals surface area contributed by atoms with Crippen LogP contribution < -0.4 is 20.2 Å². The van der Waals surface area contributed by atoms with Gasteiger partial charge in [0.15, 0.2) is 0 Å². The third-order valence-electron chi connectivity index (χ3n) is 4.32. The molecule has 2 aromatic carbocycles. The molecule has 1 aliphatic heterocycles. The first-order valence-corrected chi connectivity index (χ1v) is 13.8. The van der Waals surface area contributed by atoms with Crippen molar-refractivity contribution in [2.24, 2.45) is 0 Å². The number of piperidine rings is 1. The van der Waals surface area contributed by atoms with Crippen LogP contribution in [0.3, 0.4) is 0 Å². The first-order chi connectivity index (χ1) is 12.6. The van der Waals surface area contributed by atoms with Crippen molar-refractivity contribution >= 4 is 43.5 Å². The Hall–Kier alpha value is -0.436. The monoisotopic (exact) mass is 447 g/mol. The molecule has 3 nitrogen and oxygen atoms in total. The Labute approximate surface area is 174 Å². The Morgan fingerprint density at radius 2 is 1.73 bits per heavy atom. The van der Waals surface area contributed by atoms with Crippen molar-refractivity contribution < 1.29 is 26.9 Å². The van der Waals surface area contributed by atoms with E-state index in [2.05, 4.69) is 30.0 Å². The minimum absolute atomic E-state index is 0.342. The molecule has 1 N–H and O–H groups in total. The van der Waals surface area contributed by atoms with Crippen LogP contribution in [0.1, 0.15) is 24.8 Å². The molecule has 26 heavy (non-hydrogen) atoms. The summed E-state index contributed by atoms with van der Waals surface area (Å²) < 4.78 is 5.30. The number of phenolic OH excluding ortho intramolecular Hbond substituents is 1. The van der Waals surface area contributed by atoms with Gasteiger partial charge in [-0.25, -0.2) is 0 Å². The maximum absolute atomic E-state index is 10.2. The minimum atomic E-state index is -0.556. The van der Waals surface area contributed by atoms with Crippen LogP contribution in [0.15, 0.2) is 36.4 Å². The van der Waals surface area contributed by atoms with Crippen LogP contribution in [-0.2, 0) is 17.0 Å². The fourth-order valence-corrected chi connectivity index (χ4v) is 4.27. The van der Waals surface area contributed by atoms with Crippen molar-refractivity contribution in [1.29, 1.82) is 0 Å². The Morgan fingerprint density at radius 3 is 2.38 bits per heavy atom. The number of aromatic hydroxyl groups is 1. The number of methoxy groups -OCH3 is 1. The average molecular weight is 448 g/mol. The third-order valence-corrected chi connectivity index (χ3v) is 5.69. The molecular weight excluding hydrogens is 424 g/mol. The molecule has 0 spiro atoms. The van der Waals surface area contributed by atoms with E-state index < -0.39 is 17.0 Å². The van der Waals surface area contributed by atoms with Gasteiger partial charge in [-0.1, -0.05) is 20.7 Å². The number of ether oxygens (including phenoxy) is 1. The van der Waals surface area contributed by atoms with Gasteiger partial charge in [-0.15, -0.1) is 0 Å². The second-order valence-corrected chi connectivity index (χ2v) is 10.1. The average Bonchev–Trinajstić information content (AvgIpc) is 2.66. The summed E-state index contributed by atoms with van der Waals surface area (Å²) in [4.78, 5) is 2.50. The predicted octanol–water partition coefficient (Wildman–Crippen LogP) is 4.71. The molecular formula is C19H24Cl2NO2PTi. The second-order valence-electron chi connectivity index (χ2n) is 6.15. The summed E-state index contributed by atoms with van der Waals surface area (Å²) in [6.07, 6.45) is 3.86. The van der Waals surface area contributed by atoms with Gasteiger partial charge >= 0.3 is 35.6 Å². The van der Waals surface area contributed by atoms with Crippen molar-refractivity contribution in [3.05, 3.63) is 42.0 Å². The standard InChI is InChI=1S/C19H24NO2P.2ClH.Ti/c1-14-6-9-18(16(12-14)20-10-4-3-5-11-20)23-19-13-15(22-2)7-8-17(19)21;;;/h6-9,12-13,21,23H,3-5,10-11H2,1-2H3;2*1H;/q;;;+2/p-2. The van der Waals surface area contributed by atoms with Crippen LogP contribution >= 0.6 is 27.2 Å². The number of anilines is 1. The third kappa shape index (κ3) is 6.32. The van der Waals surface area contributed by atoms with Crippen LogP contribution in [0.5, 0.6) is 11.5 Å². The molecule has 0 aliphatic carbocycles. The Kier molecular flexibility index (Phi) is 9.60. The molecule has 0 radical (unpaired) electrons. The number of aryl methyl sites for hydroxylation is 1. The van der Waals surface area contributed by atoms with Gasteiger partial charge in [0.1, 0.15) is 11.5 Å². The van der Waals surface area contributed by atoms with Crippen LogP contribution in [0.2, 0.25) is 0 Å². The van der Waals surface area contributed by atoms with Crippen molar-refractivity contribution in [3.63, 3.8) is 0 Å². The van der Waals surface area contributed by atoms with Crippen molar-refractivity contribution in [2.75, 3.05) is 25.1 Å². The van der Waals surface area contributed by atoms with Gasteiger partial charge in [0.2, 0.25) is 0 Å². The van der Waals surface area contributed by atoms with E-state index in [1.807, 2.05) is 6.07 Å². The molecule has 7 heteroatoms. The molecule has 0 amide bonds. The summed E-state index contributed by atoms with van der Waals surface area (Å²) in [6, 6.07) is 12.1. The van der Waals surface area contributed by atoms with E-state index in [1.54, 1.807) is 19.2 Å². The number of hydrogen-bond donors (Lipinski definition) is 1. The first kappa shape index (κ1) is 21.9. The number of halogens is 2. The van der Waals surface area contributed by atoms with Gasteiger partial charge in [0, 0.05) is 29.4 Å². The summed E-state index contributed by atoms with van der Waals surface area (Å²) in [7, 11) is 11.9. The van der Waals surface area contributed by atoms with Gasteiger partial charge < -0.3 is 14.7 Å². The molecule has 140 valence electrons. The summed E-state index contributed by atoms with van der Waals surface area (Å²) in [6.45, 7) is 4.40. The molecule has 1 unspecified atom stereocenters. The number of benzene rings is 2. The Balaban J connectivity index is 0.000000758. The van der Waals surface area contributed by atoms with Crippen LogP contribution in [0.25, 0.3) is 0 Å². The quantitative estimate of drug-likeness (QED) is 0.544. The summed E-state index contributed by atoms with van der Waals surface area (Å²) >= 11 is -0.556. The summed E-state index contributed by atoms with van der Waals surface area (Å²) in [5.74, 6) is 1.13. The fraction of sp³-hybridized carbons (Fsp3) is 0.368. The molecule has 1 saturated heterocycles. The van der Waals surface area contributed by atoms with Gasteiger partial charge in [0.25, 0.3) is 0 Å². The SMILES string of the molecule is COc1ccc(O)c(Pc2ccc(C)cc2N2CCCCC2)c1.[Cl][Ti][Cl]. The molecule has 0 bridgehead atoms. The van der Waals surface area contributed by atoms with Gasteiger partial charge in [-0.05, 0) is 56.0 Å². The number of nitrogens with zero attached hydrogens (tertiary/aromatic N) is 1. The van der Waals surface area contributed by atoms with Crippen molar-refractivity contribution in [3.8, 4) is 11.5 Å². The number of hydrogen-bond acceptors (Lipinski definition) is 3. The Morgan fingerprint density at radius 1 is 1.04 bits per heavy atom. The van der Waals surface area contributed by atoms with E-state index >= 15 is 0 Å². The van der Waals surface area contributed by atoms with Crippen LogP contribution in [0.4, 0.5) is 5.69 Å². The van der Waals surface area contributed by atoms with Gasteiger partial charge in [-0.2, -0.15) is 0 Å². The van der Waals surface area contributed by atoms with E-state index in [9.17, 15) is 5.11 Å². The molecule has 1 aliphatic rings. The van der Waals surface area contributed by atoms with Crippen molar-refractivity contribution in [2.45, 2.75) is 26.2 Å². The Bertz CT molecular complexity index is 712. The zero-order valence-corrected chi connectivity index (χ0v) is 19.1. The molecule has 2 aromatic rings. The number of rotatable bonds is 4. The normalized spacial score (nSPS) is 14.1. The first-order valence-electron chi connectivity index (χ1n) is 8.55. The molecule has 1 heterocycles. The van der Waals surface area contributed by atoms with E-state index in [1.165, 1.54) is 35.8 Å². The van der Waals surface area contributed by atoms with Crippen LogP contribution in [0, 0.1) is 6.92 Å². The van der Waals surface area contributed by atoms with Gasteiger partial charge in [0.05, 0.1) is 7.11 Å². The van der Waals surface area contributed by atoms with E-state index in [0.717, 1.165) is 24.1 Å². The van der Waals surface area contributed by atoms with Crippen molar-refractivity contribution in [1.82, 2.24) is 0 Å². The predicted molar refractivity (Wildman–Crippen MR) is 111 cm³/mol. The summed E-state index contributed by atoms with van der Waals surface area (Å²) in [5, 5.41) is 12.4. The van der Waals surface area contributed by atoms with E-state index in [-0.39, 0.29) is 0 Å². The number of phenols is 1. The topological polar surface area (TPSA) is 32.7 Å². The molecule has 0 aromatic heterocycles. The molecule has 1 atom stereocenters. The van der Waals surface area contributed by atoms with E-state index in [0.29, 0.717) is 14.3 Å².